The zero-order valence-electron chi connectivity index (χ0n) is 26.6. The lowest BCUT2D eigenvalue weighted by Gasteiger charge is -2.11. The Morgan fingerprint density at radius 3 is 1.41 bits per heavy atom. The minimum Gasteiger partial charge on any atom is -0.309 e. The molecule has 0 bridgehead atoms. The molecule has 0 aliphatic heterocycles. The lowest BCUT2D eigenvalue weighted by Crippen LogP contribution is -1.94. The minimum absolute atomic E-state index is 1.16. The molecule has 0 atom stereocenters. The fourth-order valence-corrected chi connectivity index (χ4v) is 8.30. The molecule has 4 aromatic heterocycles. The van der Waals surface area contributed by atoms with Crippen molar-refractivity contribution in [2.75, 3.05) is 0 Å². The van der Waals surface area contributed by atoms with E-state index in [1.165, 1.54) is 82.1 Å². The van der Waals surface area contributed by atoms with Gasteiger partial charge < -0.3 is 13.5 Å². The zero-order valence-corrected chi connectivity index (χ0v) is 26.6. The Bertz CT molecular complexity index is 3030. The van der Waals surface area contributed by atoms with Crippen LogP contribution in [-0.4, -0.2) is 13.5 Å². The summed E-state index contributed by atoms with van der Waals surface area (Å²) in [6.45, 7) is 0. The first-order chi connectivity index (χ1) is 24.3. The van der Waals surface area contributed by atoms with E-state index in [0.717, 1.165) is 11.4 Å². The van der Waals surface area contributed by atoms with Crippen molar-refractivity contribution in [1.29, 1.82) is 0 Å². The van der Waals surface area contributed by atoms with Crippen molar-refractivity contribution in [2.45, 2.75) is 0 Å². The molecule has 228 valence electrons. The molecule has 49 heavy (non-hydrogen) atoms. The SMILES string of the molecule is c1ccc(-n2c3ccc(-c4ccc(-n5c6ccccc6c6ccccc65)cc4)cc3c3c2cc2c4ccccc4c4ccccc4n23)cc1. The van der Waals surface area contributed by atoms with E-state index >= 15 is 0 Å². The smallest absolute Gasteiger partial charge is 0.0798 e. The van der Waals surface area contributed by atoms with Crippen LogP contribution in [-0.2, 0) is 0 Å². The largest absolute Gasteiger partial charge is 0.309 e. The quantitative estimate of drug-likeness (QED) is 0.174. The molecule has 0 saturated carbocycles. The number of hydrogen-bond acceptors (Lipinski definition) is 0. The summed E-state index contributed by atoms with van der Waals surface area (Å²) >= 11 is 0. The summed E-state index contributed by atoms with van der Waals surface area (Å²) in [5, 5.41) is 7.61. The first-order valence-electron chi connectivity index (χ1n) is 16.9. The molecular formula is C46H29N3. The average molecular weight is 624 g/mol. The van der Waals surface area contributed by atoms with Crippen LogP contribution in [0.2, 0.25) is 0 Å². The van der Waals surface area contributed by atoms with Crippen LogP contribution in [0.4, 0.5) is 0 Å². The lowest BCUT2D eigenvalue weighted by molar-refractivity contribution is 1.18. The number of hydrogen-bond donors (Lipinski definition) is 0. The third-order valence-electron chi connectivity index (χ3n) is 10.4. The monoisotopic (exact) mass is 623 g/mol. The van der Waals surface area contributed by atoms with Crippen LogP contribution in [0.5, 0.6) is 0 Å². The van der Waals surface area contributed by atoms with Crippen LogP contribution in [0.25, 0.3) is 93.4 Å². The number of para-hydroxylation sites is 4. The highest BCUT2D eigenvalue weighted by atomic mass is 15.0. The molecule has 0 spiro atoms. The molecule has 0 fully saturated rings. The van der Waals surface area contributed by atoms with E-state index in [9.17, 15) is 0 Å². The van der Waals surface area contributed by atoms with Crippen molar-refractivity contribution >= 4 is 70.9 Å². The molecule has 3 nitrogen and oxygen atoms in total. The molecule has 0 aliphatic rings. The lowest BCUT2D eigenvalue weighted by atomic mass is 10.0. The molecule has 0 saturated heterocycles. The Morgan fingerprint density at radius 1 is 0.265 bits per heavy atom. The highest BCUT2D eigenvalue weighted by molar-refractivity contribution is 6.20. The third-order valence-corrected chi connectivity index (χ3v) is 10.4. The molecule has 0 unspecified atom stereocenters. The van der Waals surface area contributed by atoms with Crippen LogP contribution >= 0.6 is 0 Å². The Kier molecular flexibility index (Phi) is 5.38. The summed E-state index contributed by atoms with van der Waals surface area (Å²) in [5.74, 6) is 0. The number of aromatic nitrogens is 3. The highest BCUT2D eigenvalue weighted by Gasteiger charge is 2.20. The van der Waals surface area contributed by atoms with Crippen LogP contribution in [0.1, 0.15) is 0 Å². The van der Waals surface area contributed by atoms with E-state index < -0.39 is 0 Å². The van der Waals surface area contributed by atoms with E-state index in [1.807, 2.05) is 0 Å². The Labute approximate surface area is 282 Å². The van der Waals surface area contributed by atoms with Gasteiger partial charge in [0.05, 0.1) is 38.6 Å². The highest BCUT2D eigenvalue weighted by Crippen LogP contribution is 2.41. The second-order valence-electron chi connectivity index (χ2n) is 13.0. The normalized spacial score (nSPS) is 12.1. The van der Waals surface area contributed by atoms with Crippen molar-refractivity contribution < 1.29 is 0 Å². The van der Waals surface area contributed by atoms with Gasteiger partial charge in [-0.05, 0) is 77.2 Å². The van der Waals surface area contributed by atoms with Gasteiger partial charge in [-0.15, -0.1) is 0 Å². The van der Waals surface area contributed by atoms with E-state index in [0.29, 0.717) is 0 Å². The molecule has 3 heteroatoms. The Morgan fingerprint density at radius 2 is 0.735 bits per heavy atom. The maximum atomic E-state index is 2.49. The predicted octanol–water partition coefficient (Wildman–Crippen LogP) is 12.1. The molecule has 4 heterocycles. The van der Waals surface area contributed by atoms with Gasteiger partial charge in [-0.3, -0.25) is 0 Å². The number of pyridine rings is 1. The van der Waals surface area contributed by atoms with Gasteiger partial charge in [0, 0.05) is 38.3 Å². The minimum atomic E-state index is 1.16. The molecule has 11 rings (SSSR count). The maximum Gasteiger partial charge on any atom is 0.0798 e. The predicted molar refractivity (Wildman–Crippen MR) is 207 cm³/mol. The van der Waals surface area contributed by atoms with Gasteiger partial charge in [0.15, 0.2) is 0 Å². The standard InChI is InChI=1S/C46H29N3/c1-2-12-32(13-3-1)48-43-27-24-31(30-22-25-33(26-23-30)47-40-19-9-7-17-37(40)38-18-8-10-20-41(38)47)28-39(43)46-45(48)29-44-36-16-5-4-14-34(36)35-15-6-11-21-42(35)49(44)46/h1-29H. The van der Waals surface area contributed by atoms with Crippen LogP contribution in [0.15, 0.2) is 176 Å². The maximum absolute atomic E-state index is 2.49. The summed E-state index contributed by atoms with van der Waals surface area (Å²) in [7, 11) is 0. The molecular weight excluding hydrogens is 595 g/mol. The number of fused-ring (bicyclic) bond motifs is 13. The summed E-state index contributed by atoms with van der Waals surface area (Å²) in [6.07, 6.45) is 0. The first-order valence-corrected chi connectivity index (χ1v) is 16.9. The fraction of sp³-hybridized carbons (Fsp3) is 0. The second kappa shape index (κ2) is 9.96. The second-order valence-corrected chi connectivity index (χ2v) is 13.0. The third kappa shape index (κ3) is 3.67. The molecule has 11 aromatic rings. The molecule has 0 amide bonds. The summed E-state index contributed by atoms with van der Waals surface area (Å²) in [5.41, 5.74) is 13.3. The van der Waals surface area contributed by atoms with Crippen molar-refractivity contribution in [1.82, 2.24) is 13.5 Å². The average Bonchev–Trinajstić information content (AvgIpc) is 3.83. The first kappa shape index (κ1) is 26.5. The van der Waals surface area contributed by atoms with Crippen LogP contribution < -0.4 is 0 Å². The van der Waals surface area contributed by atoms with Crippen molar-refractivity contribution in [2.24, 2.45) is 0 Å². The van der Waals surface area contributed by atoms with E-state index in [2.05, 4.69) is 189 Å². The van der Waals surface area contributed by atoms with Gasteiger partial charge in [-0.2, -0.15) is 0 Å². The van der Waals surface area contributed by atoms with Gasteiger partial charge in [-0.1, -0.05) is 115 Å². The van der Waals surface area contributed by atoms with Gasteiger partial charge >= 0.3 is 0 Å². The van der Waals surface area contributed by atoms with Crippen LogP contribution in [0, 0.1) is 0 Å². The summed E-state index contributed by atoms with van der Waals surface area (Å²) in [4.78, 5) is 0. The molecule has 0 N–H and O–H groups in total. The molecule has 0 radical (unpaired) electrons. The Hall–Kier alpha value is -6.58. The van der Waals surface area contributed by atoms with Crippen molar-refractivity contribution in [3.05, 3.63) is 176 Å². The van der Waals surface area contributed by atoms with E-state index in [1.54, 1.807) is 0 Å². The van der Waals surface area contributed by atoms with Crippen molar-refractivity contribution in [3.8, 4) is 22.5 Å². The number of nitrogens with zero attached hydrogens (tertiary/aromatic N) is 3. The van der Waals surface area contributed by atoms with Gasteiger partial charge in [0.25, 0.3) is 0 Å². The summed E-state index contributed by atoms with van der Waals surface area (Å²) < 4.78 is 7.30. The van der Waals surface area contributed by atoms with Crippen LogP contribution in [0.3, 0.4) is 0 Å². The van der Waals surface area contributed by atoms with Gasteiger partial charge in [0.1, 0.15) is 0 Å². The van der Waals surface area contributed by atoms with Crippen molar-refractivity contribution in [3.63, 3.8) is 0 Å². The summed E-state index contributed by atoms with van der Waals surface area (Å²) in [6, 6.07) is 64.2. The Balaban J connectivity index is 1.17. The number of benzene rings is 7. The molecule has 0 aliphatic carbocycles. The van der Waals surface area contributed by atoms with E-state index in [-0.39, 0.29) is 0 Å². The zero-order chi connectivity index (χ0) is 32.1. The fourth-order valence-electron chi connectivity index (χ4n) is 8.30. The van der Waals surface area contributed by atoms with Gasteiger partial charge in [-0.25, -0.2) is 0 Å². The molecule has 7 aromatic carbocycles. The topological polar surface area (TPSA) is 14.3 Å². The van der Waals surface area contributed by atoms with E-state index in [4.69, 9.17) is 0 Å². The number of rotatable bonds is 3. The van der Waals surface area contributed by atoms with Gasteiger partial charge in [0.2, 0.25) is 0 Å².